The van der Waals surface area contributed by atoms with Gasteiger partial charge in [-0.3, -0.25) is 0 Å². The van der Waals surface area contributed by atoms with Gasteiger partial charge in [-0.2, -0.15) is 0 Å². The van der Waals surface area contributed by atoms with Gasteiger partial charge < -0.3 is 5.73 Å². The quantitative estimate of drug-likeness (QED) is 0.524. The van der Waals surface area contributed by atoms with Gasteiger partial charge in [0.05, 0.1) is 0 Å². The van der Waals surface area contributed by atoms with Gasteiger partial charge in [-0.15, -0.1) is 0 Å². The van der Waals surface area contributed by atoms with E-state index in [2.05, 4.69) is 40.9 Å². The summed E-state index contributed by atoms with van der Waals surface area (Å²) < 4.78 is 18.8. The fourth-order valence-corrected chi connectivity index (χ4v) is 5.42. The summed E-state index contributed by atoms with van der Waals surface area (Å²) >= 11 is 2.55. The second-order valence-corrected chi connectivity index (χ2v) is 8.78. The number of halogens is 1. The minimum absolute atomic E-state index is 0.216. The Bertz CT molecular complexity index is 699. The maximum absolute atomic E-state index is 12.2. The van der Waals surface area contributed by atoms with Crippen LogP contribution in [0.1, 0.15) is 81.9 Å². The van der Waals surface area contributed by atoms with E-state index >= 15 is 0 Å². The molecule has 0 aliphatic heterocycles. The number of aromatic nitrogens is 2. The molecule has 0 spiro atoms. The van der Waals surface area contributed by atoms with Gasteiger partial charge in [0.1, 0.15) is 5.82 Å². The van der Waals surface area contributed by atoms with Crippen molar-refractivity contribution in [2.45, 2.75) is 82.8 Å². The van der Waals surface area contributed by atoms with Crippen LogP contribution in [0.4, 0.5) is 4.39 Å². The van der Waals surface area contributed by atoms with Crippen molar-refractivity contribution in [1.29, 1.82) is 0 Å². The van der Waals surface area contributed by atoms with Crippen LogP contribution in [0.5, 0.6) is 0 Å². The second kappa shape index (κ2) is 10.5. The Balaban J connectivity index is 0.000000197. The molecule has 152 valence electrons. The average Bonchev–Trinajstić information content (AvgIpc) is 3.12. The second-order valence-electron chi connectivity index (χ2n) is 7.77. The molecule has 2 aromatic rings. The van der Waals surface area contributed by atoms with Crippen molar-refractivity contribution in [3.05, 3.63) is 51.8 Å². The fraction of sp³-hybridized carbons (Fsp3) is 0.591. The van der Waals surface area contributed by atoms with Crippen molar-refractivity contribution in [2.24, 2.45) is 5.73 Å². The third-order valence-corrected chi connectivity index (χ3v) is 7.04. The van der Waals surface area contributed by atoms with E-state index in [1.54, 1.807) is 12.1 Å². The molecule has 1 aromatic heterocycles. The van der Waals surface area contributed by atoms with Crippen molar-refractivity contribution >= 4 is 0 Å². The van der Waals surface area contributed by atoms with Crippen molar-refractivity contribution < 1.29 is 23.7 Å². The SMILES string of the molecule is NCc1ccc(F)cc1.[Pt]=[c]1n(C2CCCCC2)ccn1C1CCCCC1. The third-order valence-electron chi connectivity index (χ3n) is 5.87. The van der Waals surface area contributed by atoms with E-state index in [0.29, 0.717) is 6.54 Å². The topological polar surface area (TPSA) is 35.9 Å². The molecule has 0 unspecified atom stereocenters. The zero-order chi connectivity index (χ0) is 19.1. The zero-order valence-corrected chi connectivity index (χ0v) is 18.3. The van der Waals surface area contributed by atoms with Crippen LogP contribution < -0.4 is 5.73 Å². The molecule has 4 rings (SSSR count). The van der Waals surface area contributed by atoms with E-state index in [4.69, 9.17) is 5.73 Å². The third kappa shape index (κ3) is 5.74. The summed E-state index contributed by atoms with van der Waals surface area (Å²) in [6, 6.07) is 7.71. The van der Waals surface area contributed by atoms with Crippen LogP contribution in [0.2, 0.25) is 0 Å². The van der Waals surface area contributed by atoms with Crippen molar-refractivity contribution in [2.75, 3.05) is 0 Å². The maximum atomic E-state index is 12.2. The van der Waals surface area contributed by atoms with Gasteiger partial charge in [0.2, 0.25) is 0 Å². The van der Waals surface area contributed by atoms with Crippen LogP contribution >= 0.6 is 0 Å². The van der Waals surface area contributed by atoms with E-state index in [1.165, 1.54) is 80.1 Å². The van der Waals surface area contributed by atoms with Crippen LogP contribution in [0.25, 0.3) is 0 Å². The molecule has 2 aliphatic carbocycles. The van der Waals surface area contributed by atoms with Crippen LogP contribution in [-0.4, -0.2) is 9.13 Å². The molecule has 2 N–H and O–H groups in total. The van der Waals surface area contributed by atoms with E-state index in [9.17, 15) is 4.39 Å². The molecule has 2 aliphatic rings. The number of hydrogen-bond donors (Lipinski definition) is 1. The summed E-state index contributed by atoms with van der Waals surface area (Å²) in [5, 5.41) is 0. The van der Waals surface area contributed by atoms with Gasteiger partial charge >= 0.3 is 121 Å². The Morgan fingerprint density at radius 1 is 0.815 bits per heavy atom. The molecular formula is C22H32FN3Pt. The Morgan fingerprint density at radius 2 is 1.26 bits per heavy atom. The van der Waals surface area contributed by atoms with Crippen LogP contribution in [-0.2, 0) is 25.9 Å². The van der Waals surface area contributed by atoms with Gasteiger partial charge in [-0.25, -0.2) is 4.39 Å². The van der Waals surface area contributed by atoms with Crippen molar-refractivity contribution in [3.63, 3.8) is 0 Å². The van der Waals surface area contributed by atoms with Gasteiger partial charge in [-0.05, 0) is 17.7 Å². The number of benzene rings is 1. The number of nitrogens with two attached hydrogens (primary N) is 1. The first kappa shape index (κ1) is 20.7. The summed E-state index contributed by atoms with van der Waals surface area (Å²) in [6.07, 6.45) is 18.8. The van der Waals surface area contributed by atoms with Crippen molar-refractivity contribution in [3.8, 4) is 0 Å². The number of rotatable bonds is 3. The molecular weight excluding hydrogens is 520 g/mol. The first-order valence-electron chi connectivity index (χ1n) is 10.4. The Hall–Kier alpha value is -0.992. The molecule has 0 amide bonds. The predicted octanol–water partition coefficient (Wildman–Crippen LogP) is 5.66. The Labute approximate surface area is 173 Å². The summed E-state index contributed by atoms with van der Waals surface area (Å²) in [5.74, 6) is -0.216. The van der Waals surface area contributed by atoms with E-state index in [-0.39, 0.29) is 5.82 Å². The number of hydrogen-bond acceptors (Lipinski definition) is 1. The van der Waals surface area contributed by atoms with Gasteiger partial charge in [-0.1, -0.05) is 12.1 Å². The molecule has 3 nitrogen and oxygen atoms in total. The van der Waals surface area contributed by atoms with Crippen molar-refractivity contribution in [1.82, 2.24) is 9.13 Å². The molecule has 2 saturated carbocycles. The number of nitrogens with zero attached hydrogens (tertiary/aromatic N) is 2. The summed E-state index contributed by atoms with van der Waals surface area (Å²) in [4.78, 5) is 0. The van der Waals surface area contributed by atoms with E-state index in [1.807, 2.05) is 0 Å². The molecule has 2 fully saturated rings. The predicted molar refractivity (Wildman–Crippen MR) is 104 cm³/mol. The molecule has 0 bridgehead atoms. The van der Waals surface area contributed by atoms with Gasteiger partial charge in [0.15, 0.2) is 0 Å². The summed E-state index contributed by atoms with van der Waals surface area (Å²) in [5.41, 5.74) is 6.23. The molecule has 1 aromatic carbocycles. The monoisotopic (exact) mass is 552 g/mol. The van der Waals surface area contributed by atoms with Gasteiger partial charge in [0, 0.05) is 6.54 Å². The fourth-order valence-electron chi connectivity index (χ4n) is 4.25. The molecule has 5 heteroatoms. The van der Waals surface area contributed by atoms with Crippen LogP contribution in [0.3, 0.4) is 0 Å². The summed E-state index contributed by atoms with van der Waals surface area (Å²) in [6.45, 7) is 0.472. The summed E-state index contributed by atoms with van der Waals surface area (Å²) in [7, 11) is 0. The van der Waals surface area contributed by atoms with Crippen LogP contribution in [0.15, 0.2) is 36.7 Å². The first-order valence-corrected chi connectivity index (χ1v) is 11.5. The molecule has 0 radical (unpaired) electrons. The Kier molecular flexibility index (Phi) is 8.08. The normalized spacial score (nSPS) is 18.8. The molecule has 0 atom stereocenters. The average molecular weight is 553 g/mol. The first-order chi connectivity index (χ1) is 13.2. The standard InChI is InChI=1S/C15H24N2.C7H8FN.Pt/c1-3-7-14(8-4-1)16-11-12-17(13-16)15-9-5-2-6-10-15;8-7-3-1-6(5-9)2-4-7;/h11-12,14-15H,1-10H2;1-4H,5,9H2;. The van der Waals surface area contributed by atoms with E-state index in [0.717, 1.165) is 17.6 Å². The van der Waals surface area contributed by atoms with Crippen LogP contribution in [0, 0.1) is 9.62 Å². The molecule has 27 heavy (non-hydrogen) atoms. The minimum atomic E-state index is -0.216. The zero-order valence-electron chi connectivity index (χ0n) is 16.1. The van der Waals surface area contributed by atoms with E-state index < -0.39 is 0 Å². The molecule has 0 saturated heterocycles. The number of imidazole rings is 1. The van der Waals surface area contributed by atoms with Gasteiger partial charge in [0.25, 0.3) is 0 Å². The Morgan fingerprint density at radius 3 is 1.67 bits per heavy atom. The molecule has 1 heterocycles.